The van der Waals surface area contributed by atoms with Crippen molar-refractivity contribution in [2.45, 2.75) is 20.8 Å². The first kappa shape index (κ1) is 13.2. The molecule has 0 radical (unpaired) electrons. The van der Waals surface area contributed by atoms with Crippen LogP contribution in [0.4, 0.5) is 0 Å². The van der Waals surface area contributed by atoms with Crippen molar-refractivity contribution in [3.8, 4) is 0 Å². The van der Waals surface area contributed by atoms with Gasteiger partial charge in [0.25, 0.3) is 5.56 Å². The van der Waals surface area contributed by atoms with Crippen LogP contribution in [0.5, 0.6) is 0 Å². The summed E-state index contributed by atoms with van der Waals surface area (Å²) in [6, 6.07) is 0. The first-order valence-corrected chi connectivity index (χ1v) is 5.54. The molecule has 2 aromatic heterocycles. The Morgan fingerprint density at radius 3 is 2.06 bits per heavy atom. The van der Waals surface area contributed by atoms with E-state index < -0.39 is 0 Å². The van der Waals surface area contributed by atoms with E-state index in [9.17, 15) is 9.59 Å². The largest absolute Gasteiger partial charge is 0.332 e. The highest BCUT2D eigenvalue weighted by Gasteiger charge is 2.14. The molecular formula is C11H18N4O2. The molecule has 6 heteroatoms. The minimum atomic E-state index is -0.356. The molecule has 0 aliphatic heterocycles. The number of rotatable bonds is 0. The molecule has 6 nitrogen and oxygen atoms in total. The number of nitrogens with zero attached hydrogens (tertiary/aromatic N) is 4. The number of hydrogen-bond acceptors (Lipinski definition) is 3. The summed E-state index contributed by atoms with van der Waals surface area (Å²) in [7, 11) is 4.83. The lowest BCUT2D eigenvalue weighted by Gasteiger charge is -2.01. The third-order valence-electron chi connectivity index (χ3n) is 2.73. The zero-order valence-electron chi connectivity index (χ0n) is 11.1. The van der Waals surface area contributed by atoms with Gasteiger partial charge in [0, 0.05) is 21.1 Å². The van der Waals surface area contributed by atoms with E-state index in [-0.39, 0.29) is 11.2 Å². The van der Waals surface area contributed by atoms with E-state index in [4.69, 9.17) is 0 Å². The second-order valence-corrected chi connectivity index (χ2v) is 3.61. The molecule has 0 N–H and O–H groups in total. The molecule has 94 valence electrons. The molecule has 0 aliphatic rings. The van der Waals surface area contributed by atoms with Crippen LogP contribution in [0.3, 0.4) is 0 Å². The summed E-state index contributed by atoms with van der Waals surface area (Å²) in [4.78, 5) is 23.4. The van der Waals surface area contributed by atoms with Crippen molar-refractivity contribution in [1.82, 2.24) is 18.9 Å². The Morgan fingerprint density at radius 1 is 1.00 bits per heavy atom. The van der Waals surface area contributed by atoms with Crippen LogP contribution in [-0.4, -0.2) is 18.9 Å². The van der Waals surface area contributed by atoms with E-state index in [0.717, 1.165) is 10.3 Å². The molecule has 17 heavy (non-hydrogen) atoms. The molecule has 2 heterocycles. The Morgan fingerprint density at radius 2 is 1.53 bits per heavy atom. The maximum atomic E-state index is 11.8. The fourth-order valence-electron chi connectivity index (χ4n) is 1.65. The molecule has 0 unspecified atom stereocenters. The van der Waals surface area contributed by atoms with Crippen LogP contribution in [0.25, 0.3) is 11.0 Å². The Kier molecular flexibility index (Phi) is 3.55. The Hall–Kier alpha value is -1.85. The molecule has 0 aromatic carbocycles. The van der Waals surface area contributed by atoms with Crippen LogP contribution in [0.2, 0.25) is 0 Å². The SMILES string of the molecule is CC.Cc1c2c(=O)n(C)c(=O)n(C)c2nn1C. The molecule has 0 spiro atoms. The average Bonchev–Trinajstić information content (AvgIpc) is 2.63. The first-order chi connectivity index (χ1) is 7.95. The third-order valence-corrected chi connectivity index (χ3v) is 2.73. The minimum absolute atomic E-state index is 0.293. The van der Waals surface area contributed by atoms with Crippen molar-refractivity contribution < 1.29 is 0 Å². The van der Waals surface area contributed by atoms with Gasteiger partial charge in [0.2, 0.25) is 0 Å². The van der Waals surface area contributed by atoms with E-state index >= 15 is 0 Å². The van der Waals surface area contributed by atoms with E-state index in [1.165, 1.54) is 11.6 Å². The number of fused-ring (bicyclic) bond motifs is 1. The van der Waals surface area contributed by atoms with Gasteiger partial charge in [-0.3, -0.25) is 18.6 Å². The molecule has 0 amide bonds. The highest BCUT2D eigenvalue weighted by atomic mass is 16.2. The second-order valence-electron chi connectivity index (χ2n) is 3.61. The number of aromatic nitrogens is 4. The quantitative estimate of drug-likeness (QED) is 0.663. The lowest BCUT2D eigenvalue weighted by molar-refractivity contribution is 0.697. The molecule has 0 saturated heterocycles. The Balaban J connectivity index is 0.000000686. The maximum absolute atomic E-state index is 11.8. The van der Waals surface area contributed by atoms with Gasteiger partial charge in [-0.05, 0) is 6.92 Å². The lowest BCUT2D eigenvalue weighted by atomic mass is 10.3. The van der Waals surface area contributed by atoms with Crippen LogP contribution in [-0.2, 0) is 21.1 Å². The van der Waals surface area contributed by atoms with Crippen molar-refractivity contribution in [3.63, 3.8) is 0 Å². The summed E-state index contributed by atoms with van der Waals surface area (Å²) in [6.07, 6.45) is 0. The van der Waals surface area contributed by atoms with Gasteiger partial charge in [0.15, 0.2) is 5.65 Å². The van der Waals surface area contributed by atoms with Crippen molar-refractivity contribution in [2.75, 3.05) is 0 Å². The van der Waals surface area contributed by atoms with Gasteiger partial charge in [-0.25, -0.2) is 4.79 Å². The topological polar surface area (TPSA) is 61.8 Å². The molecule has 0 bridgehead atoms. The summed E-state index contributed by atoms with van der Waals surface area (Å²) < 4.78 is 4.08. The molecule has 2 rings (SSSR count). The molecular weight excluding hydrogens is 220 g/mol. The Labute approximate surface area is 99.1 Å². The van der Waals surface area contributed by atoms with E-state index in [1.807, 2.05) is 13.8 Å². The minimum Gasteiger partial charge on any atom is -0.279 e. The summed E-state index contributed by atoms with van der Waals surface area (Å²) in [6.45, 7) is 5.81. The van der Waals surface area contributed by atoms with Gasteiger partial charge < -0.3 is 0 Å². The van der Waals surface area contributed by atoms with Gasteiger partial charge in [-0.15, -0.1) is 0 Å². The van der Waals surface area contributed by atoms with Crippen molar-refractivity contribution in [1.29, 1.82) is 0 Å². The summed E-state index contributed by atoms with van der Waals surface area (Å²) in [5.74, 6) is 0. The molecule has 0 atom stereocenters. The highest BCUT2D eigenvalue weighted by Crippen LogP contribution is 2.09. The van der Waals surface area contributed by atoms with Crippen LogP contribution < -0.4 is 11.2 Å². The van der Waals surface area contributed by atoms with E-state index in [0.29, 0.717) is 11.0 Å². The van der Waals surface area contributed by atoms with Crippen molar-refractivity contribution >= 4 is 11.0 Å². The molecule has 2 aromatic rings. The predicted molar refractivity (Wildman–Crippen MR) is 67.3 cm³/mol. The Bertz CT molecular complexity index is 661. The maximum Gasteiger partial charge on any atom is 0.332 e. The normalized spacial score (nSPS) is 10.2. The van der Waals surface area contributed by atoms with E-state index in [1.54, 1.807) is 25.7 Å². The molecule has 0 fully saturated rings. The van der Waals surface area contributed by atoms with Crippen LogP contribution in [0, 0.1) is 6.92 Å². The van der Waals surface area contributed by atoms with Crippen LogP contribution >= 0.6 is 0 Å². The van der Waals surface area contributed by atoms with E-state index in [2.05, 4.69) is 5.10 Å². The summed E-state index contributed by atoms with van der Waals surface area (Å²) in [5, 5.41) is 4.64. The van der Waals surface area contributed by atoms with Gasteiger partial charge in [0.05, 0.1) is 5.69 Å². The van der Waals surface area contributed by atoms with Gasteiger partial charge in [0.1, 0.15) is 5.39 Å². The third kappa shape index (κ3) is 1.79. The first-order valence-electron chi connectivity index (χ1n) is 5.54. The van der Waals surface area contributed by atoms with Gasteiger partial charge in [-0.1, -0.05) is 13.8 Å². The lowest BCUT2D eigenvalue weighted by Crippen LogP contribution is -2.36. The predicted octanol–water partition coefficient (Wildman–Crippen LogP) is 0.305. The zero-order valence-corrected chi connectivity index (χ0v) is 11.1. The average molecular weight is 238 g/mol. The summed E-state index contributed by atoms with van der Waals surface area (Å²) in [5.41, 5.74) is 0.550. The smallest absolute Gasteiger partial charge is 0.279 e. The standard InChI is InChI=1S/C9H12N4O2.C2H6/c1-5-6-7(10-13(5)4)11(2)9(15)12(3)8(6)14;1-2/h1-4H3;1-2H3. The highest BCUT2D eigenvalue weighted by molar-refractivity contribution is 5.76. The van der Waals surface area contributed by atoms with Crippen LogP contribution in [0.15, 0.2) is 9.59 Å². The van der Waals surface area contributed by atoms with Gasteiger partial charge >= 0.3 is 5.69 Å². The number of hydrogen-bond donors (Lipinski definition) is 0. The van der Waals surface area contributed by atoms with Gasteiger partial charge in [-0.2, -0.15) is 5.10 Å². The number of aryl methyl sites for hydroxylation is 3. The second kappa shape index (κ2) is 4.57. The van der Waals surface area contributed by atoms with Crippen molar-refractivity contribution in [3.05, 3.63) is 26.5 Å². The molecule has 0 aliphatic carbocycles. The van der Waals surface area contributed by atoms with Crippen LogP contribution in [0.1, 0.15) is 19.5 Å². The fraction of sp³-hybridized carbons (Fsp3) is 0.545. The van der Waals surface area contributed by atoms with Crippen molar-refractivity contribution in [2.24, 2.45) is 21.1 Å². The summed E-state index contributed by atoms with van der Waals surface area (Å²) >= 11 is 0. The monoisotopic (exact) mass is 238 g/mol. The molecule has 0 saturated carbocycles. The fourth-order valence-corrected chi connectivity index (χ4v) is 1.65. The zero-order chi connectivity index (χ0) is 13.3.